The number of benzene rings is 2. The van der Waals surface area contributed by atoms with Gasteiger partial charge in [-0.15, -0.1) is 0 Å². The normalized spacial score (nSPS) is 17.1. The molecular formula is C19H16ClF3N2O5S. The van der Waals surface area contributed by atoms with Crippen molar-refractivity contribution in [3.63, 3.8) is 0 Å². The number of sulfonamides is 1. The smallest absolute Gasteiger partial charge is 0.416 e. The van der Waals surface area contributed by atoms with Crippen molar-refractivity contribution in [3.8, 4) is 11.5 Å². The standard InChI is InChI=1S/C19H16ClF3N2O5S/c20-15-9-12(10-16-17(15)30-11-29-16)18(26)24-5-7-25(8-6-24)31(27,28)14-3-1-13(2-4-14)19(21,22)23/h1-4,9-10H,5-8,11H2. The van der Waals surface area contributed by atoms with E-state index in [-0.39, 0.29) is 54.4 Å². The molecule has 4 rings (SSSR count). The molecule has 31 heavy (non-hydrogen) atoms. The third-order valence-corrected chi connectivity index (χ3v) is 7.21. The highest BCUT2D eigenvalue weighted by Gasteiger charge is 2.33. The second kappa shape index (κ2) is 7.88. The molecule has 2 aliphatic heterocycles. The fourth-order valence-electron chi connectivity index (χ4n) is 3.37. The maximum Gasteiger partial charge on any atom is 0.416 e. The molecule has 0 aliphatic carbocycles. The molecule has 166 valence electrons. The third-order valence-electron chi connectivity index (χ3n) is 5.02. The summed E-state index contributed by atoms with van der Waals surface area (Å²) in [5.74, 6) is 0.386. The second-order valence-electron chi connectivity index (χ2n) is 6.91. The lowest BCUT2D eigenvalue weighted by Crippen LogP contribution is -2.50. The SMILES string of the molecule is O=C(c1cc(Cl)c2c(c1)OCO2)N1CCN(S(=O)(=O)c2ccc(C(F)(F)F)cc2)CC1. The maximum absolute atomic E-state index is 12.8. The Kier molecular flexibility index (Phi) is 5.52. The van der Waals surface area contributed by atoms with E-state index in [1.807, 2.05) is 0 Å². The van der Waals surface area contributed by atoms with E-state index in [4.69, 9.17) is 21.1 Å². The summed E-state index contributed by atoms with van der Waals surface area (Å²) in [5.41, 5.74) is -0.641. The van der Waals surface area contributed by atoms with Crippen LogP contribution in [0.15, 0.2) is 41.3 Å². The van der Waals surface area contributed by atoms with Gasteiger partial charge >= 0.3 is 6.18 Å². The van der Waals surface area contributed by atoms with Gasteiger partial charge in [0.05, 0.1) is 15.5 Å². The van der Waals surface area contributed by atoms with Crippen LogP contribution in [0.2, 0.25) is 5.02 Å². The first-order valence-corrected chi connectivity index (χ1v) is 10.9. The number of piperazine rings is 1. The molecule has 0 radical (unpaired) electrons. The molecular weight excluding hydrogens is 461 g/mol. The van der Waals surface area contributed by atoms with Gasteiger partial charge in [-0.25, -0.2) is 8.42 Å². The van der Waals surface area contributed by atoms with Crippen LogP contribution in [0.5, 0.6) is 11.5 Å². The Balaban J connectivity index is 1.44. The number of amides is 1. The highest BCUT2D eigenvalue weighted by Crippen LogP contribution is 2.40. The highest BCUT2D eigenvalue weighted by molar-refractivity contribution is 7.89. The summed E-state index contributed by atoms with van der Waals surface area (Å²) in [4.78, 5) is 14.1. The van der Waals surface area contributed by atoms with Gasteiger partial charge in [-0.3, -0.25) is 4.79 Å². The number of alkyl halides is 3. The van der Waals surface area contributed by atoms with Gasteiger partial charge < -0.3 is 14.4 Å². The highest BCUT2D eigenvalue weighted by atomic mass is 35.5. The first-order chi connectivity index (χ1) is 14.6. The van der Waals surface area contributed by atoms with E-state index in [2.05, 4.69) is 0 Å². The summed E-state index contributed by atoms with van der Waals surface area (Å²) in [6.45, 7) is 0.253. The van der Waals surface area contributed by atoms with Gasteiger partial charge in [0.25, 0.3) is 5.91 Å². The molecule has 0 bridgehead atoms. The molecule has 2 aliphatic rings. The van der Waals surface area contributed by atoms with Crippen molar-refractivity contribution in [1.29, 1.82) is 0 Å². The summed E-state index contributed by atoms with van der Waals surface area (Å²) in [6, 6.07) is 6.31. The van der Waals surface area contributed by atoms with Crippen LogP contribution in [-0.2, 0) is 16.2 Å². The van der Waals surface area contributed by atoms with Crippen LogP contribution < -0.4 is 9.47 Å². The zero-order chi connectivity index (χ0) is 22.4. The number of nitrogens with zero attached hydrogens (tertiary/aromatic N) is 2. The zero-order valence-corrected chi connectivity index (χ0v) is 17.4. The van der Waals surface area contributed by atoms with Crippen molar-refractivity contribution in [2.24, 2.45) is 0 Å². The van der Waals surface area contributed by atoms with Crippen LogP contribution >= 0.6 is 11.6 Å². The quantitative estimate of drug-likeness (QED) is 0.680. The number of hydrogen-bond donors (Lipinski definition) is 0. The van der Waals surface area contributed by atoms with Gasteiger partial charge in [0.15, 0.2) is 11.5 Å². The van der Waals surface area contributed by atoms with Gasteiger partial charge in [-0.1, -0.05) is 11.6 Å². The Morgan fingerprint density at radius 2 is 1.65 bits per heavy atom. The van der Waals surface area contributed by atoms with Gasteiger partial charge in [0.1, 0.15) is 0 Å². The Bertz CT molecular complexity index is 1110. The first-order valence-electron chi connectivity index (χ1n) is 9.13. The predicted molar refractivity (Wildman–Crippen MR) is 104 cm³/mol. The average molecular weight is 477 g/mol. The lowest BCUT2D eigenvalue weighted by atomic mass is 10.1. The van der Waals surface area contributed by atoms with E-state index >= 15 is 0 Å². The molecule has 2 heterocycles. The molecule has 0 N–H and O–H groups in total. The Morgan fingerprint density at radius 3 is 2.26 bits per heavy atom. The monoisotopic (exact) mass is 476 g/mol. The number of carbonyl (C=O) groups excluding carboxylic acids is 1. The number of rotatable bonds is 3. The zero-order valence-electron chi connectivity index (χ0n) is 15.9. The van der Waals surface area contributed by atoms with Crippen molar-refractivity contribution in [2.75, 3.05) is 33.0 Å². The number of hydrogen-bond acceptors (Lipinski definition) is 5. The summed E-state index contributed by atoms with van der Waals surface area (Å²) < 4.78 is 75.3. The minimum atomic E-state index is -4.55. The predicted octanol–water partition coefficient (Wildman–Crippen LogP) is 3.23. The molecule has 1 amide bonds. The number of halogens is 4. The van der Waals surface area contributed by atoms with Crippen LogP contribution in [0, 0.1) is 0 Å². The third kappa shape index (κ3) is 4.17. The van der Waals surface area contributed by atoms with Gasteiger partial charge in [0.2, 0.25) is 16.8 Å². The summed E-state index contributed by atoms with van der Waals surface area (Å²) in [7, 11) is -3.98. The Hall–Kier alpha value is -2.50. The van der Waals surface area contributed by atoms with Gasteiger partial charge in [-0.2, -0.15) is 17.5 Å². The molecule has 0 spiro atoms. The Morgan fingerprint density at radius 1 is 1.00 bits per heavy atom. The molecule has 2 aromatic carbocycles. The van der Waals surface area contributed by atoms with Crippen molar-refractivity contribution < 1.29 is 35.9 Å². The summed E-state index contributed by atoms with van der Waals surface area (Å²) in [5, 5.41) is 0.238. The average Bonchev–Trinajstić information content (AvgIpc) is 3.22. The van der Waals surface area contributed by atoms with Crippen LogP contribution in [0.4, 0.5) is 13.2 Å². The lowest BCUT2D eigenvalue weighted by molar-refractivity contribution is -0.137. The largest absolute Gasteiger partial charge is 0.454 e. The van der Waals surface area contributed by atoms with E-state index in [1.165, 1.54) is 17.0 Å². The van der Waals surface area contributed by atoms with E-state index in [0.717, 1.165) is 28.6 Å². The molecule has 0 saturated carbocycles. The molecule has 1 fully saturated rings. The number of carbonyl (C=O) groups is 1. The van der Waals surface area contributed by atoms with Crippen LogP contribution in [0.1, 0.15) is 15.9 Å². The van der Waals surface area contributed by atoms with Crippen molar-refractivity contribution in [2.45, 2.75) is 11.1 Å². The number of fused-ring (bicyclic) bond motifs is 1. The molecule has 12 heteroatoms. The lowest BCUT2D eigenvalue weighted by Gasteiger charge is -2.34. The van der Waals surface area contributed by atoms with Gasteiger partial charge in [0, 0.05) is 31.7 Å². The Labute approximate surface area is 181 Å². The van der Waals surface area contributed by atoms with E-state index in [9.17, 15) is 26.4 Å². The molecule has 1 saturated heterocycles. The minimum absolute atomic E-state index is 0.00712. The molecule has 0 unspecified atom stereocenters. The summed E-state index contributed by atoms with van der Waals surface area (Å²) in [6.07, 6.45) is -4.55. The van der Waals surface area contributed by atoms with Crippen molar-refractivity contribution >= 4 is 27.5 Å². The number of ether oxygens (including phenoxy) is 2. The van der Waals surface area contributed by atoms with E-state index < -0.39 is 21.8 Å². The summed E-state index contributed by atoms with van der Waals surface area (Å²) >= 11 is 6.11. The van der Waals surface area contributed by atoms with Crippen LogP contribution in [0.3, 0.4) is 0 Å². The second-order valence-corrected chi connectivity index (χ2v) is 9.26. The molecule has 2 aromatic rings. The maximum atomic E-state index is 12.8. The van der Waals surface area contributed by atoms with E-state index in [1.54, 1.807) is 0 Å². The minimum Gasteiger partial charge on any atom is -0.454 e. The molecule has 7 nitrogen and oxygen atoms in total. The van der Waals surface area contributed by atoms with Crippen molar-refractivity contribution in [1.82, 2.24) is 9.21 Å². The molecule has 0 atom stereocenters. The van der Waals surface area contributed by atoms with E-state index in [0.29, 0.717) is 11.5 Å². The first kappa shape index (κ1) is 21.7. The topological polar surface area (TPSA) is 76.2 Å². The van der Waals surface area contributed by atoms with Crippen LogP contribution in [-0.4, -0.2) is 56.5 Å². The van der Waals surface area contributed by atoms with Gasteiger partial charge in [-0.05, 0) is 36.4 Å². The fourth-order valence-corrected chi connectivity index (χ4v) is 5.06. The molecule has 0 aromatic heterocycles. The van der Waals surface area contributed by atoms with Crippen LogP contribution in [0.25, 0.3) is 0 Å². The fraction of sp³-hybridized carbons (Fsp3) is 0.316. The van der Waals surface area contributed by atoms with Crippen molar-refractivity contribution in [3.05, 3.63) is 52.5 Å².